The van der Waals surface area contributed by atoms with Crippen molar-refractivity contribution in [2.45, 2.75) is 6.92 Å². The molecular formula is C8H9N3O5. The van der Waals surface area contributed by atoms with E-state index in [2.05, 4.69) is 15.0 Å². The largest absolute Gasteiger partial charge is 0.464 e. The number of amides is 1. The molecule has 0 fully saturated rings. The summed E-state index contributed by atoms with van der Waals surface area (Å²) in [7, 11) is 1.08. The van der Waals surface area contributed by atoms with Gasteiger partial charge < -0.3 is 10.1 Å². The molecule has 8 nitrogen and oxygen atoms in total. The van der Waals surface area contributed by atoms with Crippen molar-refractivity contribution in [3.8, 4) is 0 Å². The average molecular weight is 227 g/mol. The Hall–Kier alpha value is -2.38. The van der Waals surface area contributed by atoms with E-state index in [1.54, 1.807) is 0 Å². The Labute approximate surface area is 88.6 Å². The number of methoxy groups -OCH3 is 1. The minimum atomic E-state index is -0.924. The Morgan fingerprint density at radius 2 is 1.88 bits per heavy atom. The van der Waals surface area contributed by atoms with Crippen molar-refractivity contribution in [3.63, 3.8) is 0 Å². The summed E-state index contributed by atoms with van der Waals surface area (Å²) in [6.07, 6.45) is 0. The summed E-state index contributed by atoms with van der Waals surface area (Å²) < 4.78 is 4.36. The molecule has 1 aromatic rings. The summed E-state index contributed by atoms with van der Waals surface area (Å²) in [6, 6.07) is 0. The van der Waals surface area contributed by atoms with Gasteiger partial charge in [0.25, 0.3) is 5.56 Å². The first-order valence-electron chi connectivity index (χ1n) is 4.18. The maximum Gasteiger partial charge on any atom is 0.357 e. The van der Waals surface area contributed by atoms with Crippen LogP contribution in [0.3, 0.4) is 0 Å². The van der Waals surface area contributed by atoms with E-state index in [-0.39, 0.29) is 5.69 Å². The Balaban J connectivity index is 3.44. The van der Waals surface area contributed by atoms with Gasteiger partial charge in [-0.1, -0.05) is 0 Å². The fourth-order valence-electron chi connectivity index (χ4n) is 1.04. The molecule has 16 heavy (non-hydrogen) atoms. The Morgan fingerprint density at radius 1 is 1.25 bits per heavy atom. The predicted octanol–water partition coefficient (Wildman–Crippen LogP) is -1.19. The number of nitrogens with one attached hydrogen (secondary N) is 3. The maximum atomic E-state index is 11.3. The second-order valence-corrected chi connectivity index (χ2v) is 2.83. The monoisotopic (exact) mass is 227 g/mol. The van der Waals surface area contributed by atoms with Gasteiger partial charge in [-0.05, 0) is 0 Å². The van der Waals surface area contributed by atoms with E-state index in [0.29, 0.717) is 0 Å². The van der Waals surface area contributed by atoms with Crippen molar-refractivity contribution in [2.75, 3.05) is 12.4 Å². The van der Waals surface area contributed by atoms with E-state index < -0.39 is 28.8 Å². The van der Waals surface area contributed by atoms with Gasteiger partial charge in [0.15, 0.2) is 5.69 Å². The molecule has 86 valence electrons. The Kier molecular flexibility index (Phi) is 3.24. The molecule has 0 spiro atoms. The van der Waals surface area contributed by atoms with E-state index in [1.165, 1.54) is 0 Å². The summed E-state index contributed by atoms with van der Waals surface area (Å²) >= 11 is 0. The van der Waals surface area contributed by atoms with Crippen LogP contribution in [0.15, 0.2) is 9.59 Å². The molecule has 0 unspecified atom stereocenters. The number of ether oxygens (including phenoxy) is 1. The molecule has 0 aliphatic heterocycles. The zero-order valence-electron chi connectivity index (χ0n) is 8.54. The zero-order valence-corrected chi connectivity index (χ0v) is 8.54. The number of carbonyl (C=O) groups is 2. The lowest BCUT2D eigenvalue weighted by atomic mass is 10.3. The van der Waals surface area contributed by atoms with Gasteiger partial charge in [-0.25, -0.2) is 9.59 Å². The van der Waals surface area contributed by atoms with Crippen molar-refractivity contribution >= 4 is 17.6 Å². The van der Waals surface area contributed by atoms with Gasteiger partial charge >= 0.3 is 11.7 Å². The van der Waals surface area contributed by atoms with Crippen LogP contribution in [0.5, 0.6) is 0 Å². The SMILES string of the molecule is COC(=O)c1[nH]c(=O)[nH]c(=O)c1NC(C)=O. The van der Waals surface area contributed by atoms with Gasteiger partial charge in [0.2, 0.25) is 5.91 Å². The lowest BCUT2D eigenvalue weighted by Crippen LogP contribution is -2.30. The molecule has 8 heteroatoms. The number of carbonyl (C=O) groups excluding carboxylic acids is 2. The molecular weight excluding hydrogens is 218 g/mol. The predicted molar refractivity (Wildman–Crippen MR) is 53.3 cm³/mol. The number of anilines is 1. The zero-order chi connectivity index (χ0) is 12.3. The van der Waals surface area contributed by atoms with E-state index in [9.17, 15) is 19.2 Å². The number of aromatic nitrogens is 2. The fourth-order valence-corrected chi connectivity index (χ4v) is 1.04. The molecule has 0 aliphatic rings. The van der Waals surface area contributed by atoms with Crippen LogP contribution in [0.2, 0.25) is 0 Å². The van der Waals surface area contributed by atoms with E-state index in [4.69, 9.17) is 0 Å². The maximum absolute atomic E-state index is 11.3. The smallest absolute Gasteiger partial charge is 0.357 e. The highest BCUT2D eigenvalue weighted by atomic mass is 16.5. The first kappa shape index (κ1) is 11.7. The second-order valence-electron chi connectivity index (χ2n) is 2.83. The highest BCUT2D eigenvalue weighted by Gasteiger charge is 2.17. The van der Waals surface area contributed by atoms with Gasteiger partial charge in [-0.2, -0.15) is 0 Å². The van der Waals surface area contributed by atoms with E-state index in [1.807, 2.05) is 4.98 Å². The summed E-state index contributed by atoms with van der Waals surface area (Å²) in [5, 5.41) is 2.13. The molecule has 0 radical (unpaired) electrons. The molecule has 1 rings (SSSR count). The van der Waals surface area contributed by atoms with Crippen LogP contribution in [-0.4, -0.2) is 29.0 Å². The van der Waals surface area contributed by atoms with E-state index >= 15 is 0 Å². The third kappa shape index (κ3) is 2.35. The molecule has 0 aliphatic carbocycles. The lowest BCUT2D eigenvalue weighted by Gasteiger charge is -2.05. The number of rotatable bonds is 2. The fraction of sp³-hybridized carbons (Fsp3) is 0.250. The van der Waals surface area contributed by atoms with Gasteiger partial charge in [0.1, 0.15) is 5.69 Å². The Bertz CT molecular complexity index is 541. The van der Waals surface area contributed by atoms with Crippen LogP contribution in [0.25, 0.3) is 0 Å². The molecule has 0 saturated heterocycles. The molecule has 1 heterocycles. The van der Waals surface area contributed by atoms with Gasteiger partial charge in [0.05, 0.1) is 7.11 Å². The highest BCUT2D eigenvalue weighted by molar-refractivity contribution is 5.98. The molecule has 3 N–H and O–H groups in total. The number of aromatic amines is 2. The van der Waals surface area contributed by atoms with Crippen LogP contribution >= 0.6 is 0 Å². The summed E-state index contributed by atoms with van der Waals surface area (Å²) in [4.78, 5) is 48.2. The molecule has 0 aromatic carbocycles. The van der Waals surface area contributed by atoms with Crippen molar-refractivity contribution in [3.05, 3.63) is 26.5 Å². The minimum Gasteiger partial charge on any atom is -0.464 e. The number of hydrogen-bond acceptors (Lipinski definition) is 5. The second kappa shape index (κ2) is 4.43. The minimum absolute atomic E-state index is 0.348. The van der Waals surface area contributed by atoms with Crippen LogP contribution in [0, 0.1) is 0 Å². The van der Waals surface area contributed by atoms with Gasteiger partial charge in [0, 0.05) is 6.92 Å². The van der Waals surface area contributed by atoms with Crippen molar-refractivity contribution in [1.29, 1.82) is 0 Å². The average Bonchev–Trinajstić information content (AvgIpc) is 2.20. The van der Waals surface area contributed by atoms with Crippen LogP contribution < -0.4 is 16.6 Å². The lowest BCUT2D eigenvalue weighted by molar-refractivity contribution is -0.114. The third-order valence-electron chi connectivity index (χ3n) is 1.63. The summed E-state index contributed by atoms with van der Waals surface area (Å²) in [5.74, 6) is -1.48. The first-order valence-corrected chi connectivity index (χ1v) is 4.18. The van der Waals surface area contributed by atoms with Crippen molar-refractivity contribution in [1.82, 2.24) is 9.97 Å². The van der Waals surface area contributed by atoms with Crippen LogP contribution in [0.4, 0.5) is 5.69 Å². The quantitative estimate of drug-likeness (QED) is 0.548. The van der Waals surface area contributed by atoms with Crippen LogP contribution in [-0.2, 0) is 9.53 Å². The highest BCUT2D eigenvalue weighted by Crippen LogP contribution is 2.05. The molecule has 1 amide bonds. The van der Waals surface area contributed by atoms with Crippen LogP contribution in [0.1, 0.15) is 17.4 Å². The van der Waals surface area contributed by atoms with Crippen molar-refractivity contribution < 1.29 is 14.3 Å². The first-order chi connectivity index (χ1) is 7.45. The summed E-state index contributed by atoms with van der Waals surface area (Å²) in [5.41, 5.74) is -2.48. The van der Waals surface area contributed by atoms with Crippen molar-refractivity contribution in [2.24, 2.45) is 0 Å². The Morgan fingerprint density at radius 3 is 2.38 bits per heavy atom. The normalized spacial score (nSPS) is 9.62. The number of esters is 1. The third-order valence-corrected chi connectivity index (χ3v) is 1.63. The summed E-state index contributed by atoms with van der Waals surface area (Å²) in [6.45, 7) is 1.16. The molecule has 1 aromatic heterocycles. The number of hydrogen-bond donors (Lipinski definition) is 3. The number of H-pyrrole nitrogens is 2. The molecule has 0 atom stereocenters. The van der Waals surface area contributed by atoms with Gasteiger partial charge in [-0.15, -0.1) is 0 Å². The van der Waals surface area contributed by atoms with E-state index in [0.717, 1.165) is 14.0 Å². The topological polar surface area (TPSA) is 121 Å². The molecule has 0 saturated carbocycles. The standard InChI is InChI=1S/C8H9N3O5/c1-3(12)9-4-5(7(14)16-2)10-8(15)11-6(4)13/h1-2H3,(H,9,12)(H2,10,11,13,15). The van der Waals surface area contributed by atoms with Gasteiger partial charge in [-0.3, -0.25) is 19.6 Å². The molecule has 0 bridgehead atoms.